The number of ether oxygens (including phenoxy) is 1. The van der Waals surface area contributed by atoms with Crippen molar-refractivity contribution in [3.8, 4) is 5.75 Å². The van der Waals surface area contributed by atoms with Gasteiger partial charge in [-0.25, -0.2) is 0 Å². The number of benzene rings is 1. The Kier molecular flexibility index (Phi) is 4.61. The SMILES string of the molecule is CCc1ccc(CS(=O)c2cc(OC)ccc2N)s1. The average molecular weight is 295 g/mol. The van der Waals surface area contributed by atoms with Crippen LogP contribution in [0.4, 0.5) is 5.69 Å². The second-order valence-electron chi connectivity index (χ2n) is 4.12. The van der Waals surface area contributed by atoms with E-state index >= 15 is 0 Å². The Morgan fingerprint density at radius 3 is 2.63 bits per heavy atom. The Labute approximate surface area is 119 Å². The minimum atomic E-state index is -1.14. The lowest BCUT2D eigenvalue weighted by atomic mass is 10.3. The Morgan fingerprint density at radius 1 is 1.26 bits per heavy atom. The molecule has 0 saturated heterocycles. The summed E-state index contributed by atoms with van der Waals surface area (Å²) in [6, 6.07) is 9.39. The maximum Gasteiger partial charge on any atom is 0.120 e. The number of anilines is 1. The van der Waals surface area contributed by atoms with Crippen LogP contribution in [0.15, 0.2) is 35.2 Å². The van der Waals surface area contributed by atoms with Gasteiger partial charge >= 0.3 is 0 Å². The van der Waals surface area contributed by atoms with Gasteiger partial charge in [-0.05, 0) is 36.8 Å². The van der Waals surface area contributed by atoms with Crippen LogP contribution in [0.1, 0.15) is 16.7 Å². The molecule has 0 aliphatic rings. The molecule has 0 fully saturated rings. The van der Waals surface area contributed by atoms with Crippen molar-refractivity contribution in [3.63, 3.8) is 0 Å². The zero-order valence-electron chi connectivity index (χ0n) is 11.0. The second kappa shape index (κ2) is 6.21. The molecule has 1 aromatic heterocycles. The van der Waals surface area contributed by atoms with Crippen LogP contribution in [0.5, 0.6) is 5.75 Å². The molecule has 1 unspecified atom stereocenters. The number of rotatable bonds is 5. The van der Waals surface area contributed by atoms with E-state index in [4.69, 9.17) is 10.5 Å². The van der Waals surface area contributed by atoms with Gasteiger partial charge in [0, 0.05) is 15.4 Å². The highest BCUT2D eigenvalue weighted by Gasteiger charge is 2.11. The number of thiophene rings is 1. The van der Waals surface area contributed by atoms with Gasteiger partial charge in [0.15, 0.2) is 0 Å². The van der Waals surface area contributed by atoms with E-state index in [-0.39, 0.29) is 0 Å². The molecule has 0 amide bonds. The molecule has 3 nitrogen and oxygen atoms in total. The number of aryl methyl sites for hydroxylation is 1. The average Bonchev–Trinajstić information content (AvgIpc) is 2.87. The topological polar surface area (TPSA) is 52.3 Å². The van der Waals surface area contributed by atoms with E-state index in [0.29, 0.717) is 22.1 Å². The lowest BCUT2D eigenvalue weighted by Crippen LogP contribution is -2.00. The summed E-state index contributed by atoms with van der Waals surface area (Å²) in [5, 5.41) is 0. The Hall–Kier alpha value is -1.33. The molecule has 1 aromatic carbocycles. The van der Waals surface area contributed by atoms with Crippen molar-refractivity contribution >= 4 is 27.8 Å². The molecule has 2 rings (SSSR count). The quantitative estimate of drug-likeness (QED) is 0.862. The van der Waals surface area contributed by atoms with Crippen LogP contribution in [0.25, 0.3) is 0 Å². The van der Waals surface area contributed by atoms with Crippen LogP contribution in [-0.4, -0.2) is 11.3 Å². The Bertz CT molecular complexity index is 593. The molecular weight excluding hydrogens is 278 g/mol. The fourth-order valence-corrected chi connectivity index (χ4v) is 4.13. The van der Waals surface area contributed by atoms with Crippen molar-refractivity contribution in [2.24, 2.45) is 0 Å². The van der Waals surface area contributed by atoms with Gasteiger partial charge in [0.25, 0.3) is 0 Å². The number of nitrogens with two attached hydrogens (primary N) is 1. The van der Waals surface area contributed by atoms with Crippen LogP contribution in [-0.2, 0) is 23.0 Å². The zero-order valence-corrected chi connectivity index (χ0v) is 12.6. The standard InChI is InChI=1S/C14H17NO2S2/c1-3-11-5-6-12(18-11)9-19(16)14-8-10(17-2)4-7-13(14)15/h4-8H,3,9,15H2,1-2H3. The van der Waals surface area contributed by atoms with E-state index in [2.05, 4.69) is 13.0 Å². The number of hydrogen-bond donors (Lipinski definition) is 1. The van der Waals surface area contributed by atoms with Gasteiger partial charge in [0.05, 0.1) is 28.6 Å². The van der Waals surface area contributed by atoms with Gasteiger partial charge in [-0.3, -0.25) is 4.21 Å². The van der Waals surface area contributed by atoms with Crippen molar-refractivity contribution in [2.45, 2.75) is 24.0 Å². The lowest BCUT2D eigenvalue weighted by Gasteiger charge is -2.07. The van der Waals surface area contributed by atoms with E-state index in [1.54, 1.807) is 36.6 Å². The molecule has 19 heavy (non-hydrogen) atoms. The summed E-state index contributed by atoms with van der Waals surface area (Å²) in [4.78, 5) is 3.08. The summed E-state index contributed by atoms with van der Waals surface area (Å²) in [5.41, 5.74) is 6.43. The third-order valence-corrected chi connectivity index (χ3v) is 5.63. The van der Waals surface area contributed by atoms with Crippen molar-refractivity contribution in [1.29, 1.82) is 0 Å². The minimum Gasteiger partial charge on any atom is -0.497 e. The van der Waals surface area contributed by atoms with Crippen molar-refractivity contribution in [3.05, 3.63) is 40.1 Å². The summed E-state index contributed by atoms with van der Waals surface area (Å²) in [5.74, 6) is 1.18. The monoisotopic (exact) mass is 295 g/mol. The highest BCUT2D eigenvalue weighted by atomic mass is 32.2. The fraction of sp³-hybridized carbons (Fsp3) is 0.286. The Balaban J connectivity index is 2.19. The van der Waals surface area contributed by atoms with Crippen LogP contribution in [0, 0.1) is 0 Å². The zero-order chi connectivity index (χ0) is 13.8. The van der Waals surface area contributed by atoms with Crippen LogP contribution in [0.2, 0.25) is 0 Å². The van der Waals surface area contributed by atoms with E-state index in [9.17, 15) is 4.21 Å². The lowest BCUT2D eigenvalue weighted by molar-refractivity contribution is 0.413. The van der Waals surface area contributed by atoms with E-state index < -0.39 is 10.8 Å². The smallest absolute Gasteiger partial charge is 0.120 e. The van der Waals surface area contributed by atoms with Gasteiger partial charge in [0.1, 0.15) is 5.75 Å². The summed E-state index contributed by atoms with van der Waals surface area (Å²) in [6.07, 6.45) is 1.01. The summed E-state index contributed by atoms with van der Waals surface area (Å²) in [6.45, 7) is 2.12. The van der Waals surface area contributed by atoms with E-state index in [1.807, 2.05) is 6.07 Å². The first-order chi connectivity index (χ1) is 9.13. The Morgan fingerprint density at radius 2 is 2.00 bits per heavy atom. The molecule has 1 atom stereocenters. The molecule has 5 heteroatoms. The molecule has 0 aliphatic heterocycles. The number of methoxy groups -OCH3 is 1. The normalized spacial score (nSPS) is 12.3. The maximum atomic E-state index is 12.4. The number of nitrogen functional groups attached to an aromatic ring is 1. The molecule has 102 valence electrons. The minimum absolute atomic E-state index is 0.502. The molecule has 0 radical (unpaired) electrons. The molecule has 2 aromatic rings. The third kappa shape index (κ3) is 3.36. The second-order valence-corrected chi connectivity index (χ2v) is 6.79. The van der Waals surface area contributed by atoms with Gasteiger partial charge in [-0.2, -0.15) is 0 Å². The van der Waals surface area contributed by atoms with Crippen LogP contribution < -0.4 is 10.5 Å². The molecule has 2 N–H and O–H groups in total. The molecule has 0 saturated carbocycles. The predicted octanol–water partition coefficient (Wildman–Crippen LogP) is 3.21. The van der Waals surface area contributed by atoms with Crippen LogP contribution >= 0.6 is 11.3 Å². The largest absolute Gasteiger partial charge is 0.497 e. The molecule has 0 bridgehead atoms. The summed E-state index contributed by atoms with van der Waals surface area (Å²) in [7, 11) is 0.447. The predicted molar refractivity (Wildman–Crippen MR) is 81.2 cm³/mol. The highest BCUT2D eigenvalue weighted by Crippen LogP contribution is 2.26. The molecule has 1 heterocycles. The van der Waals surface area contributed by atoms with Crippen LogP contribution in [0.3, 0.4) is 0 Å². The van der Waals surface area contributed by atoms with E-state index in [0.717, 1.165) is 11.3 Å². The number of hydrogen-bond acceptors (Lipinski definition) is 4. The maximum absolute atomic E-state index is 12.4. The van der Waals surface area contributed by atoms with Gasteiger partial charge in [-0.1, -0.05) is 6.92 Å². The van der Waals surface area contributed by atoms with Gasteiger partial charge in [-0.15, -0.1) is 11.3 Å². The van der Waals surface area contributed by atoms with Crippen molar-refractivity contribution in [1.82, 2.24) is 0 Å². The van der Waals surface area contributed by atoms with Gasteiger partial charge in [0.2, 0.25) is 0 Å². The summed E-state index contributed by atoms with van der Waals surface area (Å²) < 4.78 is 17.5. The molecular formula is C14H17NO2S2. The van der Waals surface area contributed by atoms with Gasteiger partial charge < -0.3 is 10.5 Å². The first-order valence-corrected chi connectivity index (χ1v) is 8.17. The molecule has 0 aliphatic carbocycles. The first-order valence-electron chi connectivity index (χ1n) is 6.03. The van der Waals surface area contributed by atoms with Crippen molar-refractivity contribution in [2.75, 3.05) is 12.8 Å². The van der Waals surface area contributed by atoms with Crippen molar-refractivity contribution < 1.29 is 8.95 Å². The fourth-order valence-electron chi connectivity index (χ4n) is 1.74. The highest BCUT2D eigenvalue weighted by molar-refractivity contribution is 7.84. The third-order valence-electron chi connectivity index (χ3n) is 2.81. The summed E-state index contributed by atoms with van der Waals surface area (Å²) >= 11 is 1.71. The van der Waals surface area contributed by atoms with E-state index in [1.165, 1.54) is 4.88 Å². The first kappa shape index (κ1) is 14.1. The molecule has 0 spiro atoms.